The molecule has 2 aromatic heterocycles. The van der Waals surface area contributed by atoms with Crippen LogP contribution in [-0.2, 0) is 0 Å². The van der Waals surface area contributed by atoms with Crippen molar-refractivity contribution in [2.45, 2.75) is 12.8 Å². The van der Waals surface area contributed by atoms with Crippen LogP contribution in [0.3, 0.4) is 0 Å². The first-order chi connectivity index (χ1) is 17.3. The molecule has 0 atom stereocenters. The quantitative estimate of drug-likeness (QED) is 0.220. The average molecular weight is 614 g/mol. The van der Waals surface area contributed by atoms with E-state index in [9.17, 15) is 19.8 Å². The first-order valence-electron chi connectivity index (χ1n) is 10.9. The van der Waals surface area contributed by atoms with Gasteiger partial charge in [0, 0.05) is 8.95 Å². The van der Waals surface area contributed by atoms with E-state index in [2.05, 4.69) is 31.9 Å². The molecule has 5 aromatic rings. The van der Waals surface area contributed by atoms with Gasteiger partial charge in [-0.1, -0.05) is 44.0 Å². The van der Waals surface area contributed by atoms with E-state index in [-0.39, 0.29) is 44.6 Å². The van der Waals surface area contributed by atoms with E-state index < -0.39 is 17.2 Å². The Kier molecular flexibility index (Phi) is 6.36. The molecule has 2 N–H and O–H groups in total. The number of ether oxygens (including phenoxy) is 1. The summed E-state index contributed by atoms with van der Waals surface area (Å²) in [6.07, 6.45) is 0. The number of hydrogen-bond donors (Lipinski definition) is 2. The molecule has 5 rings (SSSR count). The predicted molar refractivity (Wildman–Crippen MR) is 142 cm³/mol. The summed E-state index contributed by atoms with van der Waals surface area (Å²) in [7, 11) is 0. The first-order valence-corrected chi connectivity index (χ1v) is 12.5. The van der Waals surface area contributed by atoms with Gasteiger partial charge in [-0.05, 0) is 61.0 Å². The summed E-state index contributed by atoms with van der Waals surface area (Å²) in [4.78, 5) is 26.6. The predicted octanol–water partition coefficient (Wildman–Crippen LogP) is 6.41. The Bertz CT molecular complexity index is 1650. The maximum atomic E-state index is 13.3. The summed E-state index contributed by atoms with van der Waals surface area (Å²) in [5.74, 6) is -1.49. The van der Waals surface area contributed by atoms with Gasteiger partial charge in [0.05, 0.1) is 34.4 Å². The van der Waals surface area contributed by atoms with E-state index >= 15 is 0 Å². The second-order valence-electron chi connectivity index (χ2n) is 8.02. The molecule has 182 valence electrons. The van der Waals surface area contributed by atoms with Gasteiger partial charge in [-0.25, -0.2) is 9.59 Å². The van der Waals surface area contributed by atoms with Crippen LogP contribution in [0.5, 0.6) is 17.2 Å². The van der Waals surface area contributed by atoms with Gasteiger partial charge in [-0.15, -0.1) is 0 Å². The fourth-order valence-electron chi connectivity index (χ4n) is 4.28. The molecule has 0 saturated carbocycles. The summed E-state index contributed by atoms with van der Waals surface area (Å²) in [5, 5.41) is 23.2. The highest BCUT2D eigenvalue weighted by Crippen LogP contribution is 2.43. The molecule has 0 spiro atoms. The molecule has 0 aliphatic heterocycles. The molecule has 2 heterocycles. The highest BCUT2D eigenvalue weighted by molar-refractivity contribution is 9.10. The van der Waals surface area contributed by atoms with Gasteiger partial charge in [0.1, 0.15) is 28.4 Å². The third kappa shape index (κ3) is 4.18. The zero-order valence-corrected chi connectivity index (χ0v) is 21.9. The summed E-state index contributed by atoms with van der Waals surface area (Å²) in [6.45, 7) is 2.22. The summed E-state index contributed by atoms with van der Waals surface area (Å²) < 4.78 is 18.0. The molecule has 0 aliphatic rings. The topological polar surface area (TPSA) is 110 Å². The lowest BCUT2D eigenvalue weighted by Gasteiger charge is -2.20. The minimum Gasteiger partial charge on any atom is -0.507 e. The van der Waals surface area contributed by atoms with Gasteiger partial charge in [0.15, 0.2) is 0 Å². The van der Waals surface area contributed by atoms with Crippen LogP contribution in [0.25, 0.3) is 21.9 Å². The maximum absolute atomic E-state index is 13.3. The van der Waals surface area contributed by atoms with Crippen molar-refractivity contribution in [3.63, 3.8) is 0 Å². The van der Waals surface area contributed by atoms with Crippen LogP contribution in [-0.4, -0.2) is 16.8 Å². The van der Waals surface area contributed by atoms with Crippen LogP contribution < -0.4 is 16.0 Å². The van der Waals surface area contributed by atoms with Crippen LogP contribution in [0.15, 0.2) is 88.0 Å². The molecule has 36 heavy (non-hydrogen) atoms. The Morgan fingerprint density at radius 3 is 1.83 bits per heavy atom. The number of aromatic hydroxyl groups is 2. The molecule has 0 unspecified atom stereocenters. The molecule has 0 bridgehead atoms. The second-order valence-corrected chi connectivity index (χ2v) is 9.85. The average Bonchev–Trinajstić information content (AvgIpc) is 2.84. The fourth-order valence-corrected chi connectivity index (χ4v) is 5.01. The zero-order valence-electron chi connectivity index (χ0n) is 18.7. The summed E-state index contributed by atoms with van der Waals surface area (Å²) >= 11 is 6.73. The molecule has 0 aliphatic carbocycles. The molecular weight excluding hydrogens is 596 g/mol. The number of halogens is 2. The monoisotopic (exact) mass is 612 g/mol. The van der Waals surface area contributed by atoms with E-state index in [0.29, 0.717) is 26.9 Å². The van der Waals surface area contributed by atoms with Crippen LogP contribution >= 0.6 is 31.9 Å². The molecule has 9 heteroatoms. The standard InChI is InChI=1S/C27H18Br2O7/c1-2-34-16-5-3-4-13(10-16)21(22-24(30)17-11-14(28)6-8-19(17)35-26(22)32)23-25(31)18-12-15(29)7-9-20(18)36-27(23)33/h3-12,21,30-31H,2H2,1H3. The van der Waals surface area contributed by atoms with Crippen molar-refractivity contribution < 1.29 is 23.8 Å². The van der Waals surface area contributed by atoms with Crippen molar-refractivity contribution in [3.05, 3.63) is 107 Å². The minimum absolute atomic E-state index is 0.171. The van der Waals surface area contributed by atoms with Gasteiger partial charge >= 0.3 is 11.3 Å². The third-order valence-corrected chi connectivity index (χ3v) is 6.82. The normalized spacial score (nSPS) is 11.4. The van der Waals surface area contributed by atoms with Crippen molar-refractivity contribution in [3.8, 4) is 17.2 Å². The highest BCUT2D eigenvalue weighted by Gasteiger charge is 2.32. The second kappa shape index (κ2) is 9.48. The van der Waals surface area contributed by atoms with E-state index in [0.717, 1.165) is 0 Å². The molecule has 3 aromatic carbocycles. The Hall–Kier alpha value is -3.56. The van der Waals surface area contributed by atoms with Crippen molar-refractivity contribution in [2.75, 3.05) is 6.61 Å². The number of rotatable bonds is 5. The largest absolute Gasteiger partial charge is 0.507 e. The maximum Gasteiger partial charge on any atom is 0.344 e. The van der Waals surface area contributed by atoms with Gasteiger partial charge < -0.3 is 23.8 Å². The van der Waals surface area contributed by atoms with Crippen molar-refractivity contribution in [1.29, 1.82) is 0 Å². The Labute approximate surface area is 220 Å². The minimum atomic E-state index is -1.23. The van der Waals surface area contributed by atoms with Crippen molar-refractivity contribution in [1.82, 2.24) is 0 Å². The molecule has 0 saturated heterocycles. The van der Waals surface area contributed by atoms with Crippen molar-refractivity contribution in [2.24, 2.45) is 0 Å². The highest BCUT2D eigenvalue weighted by atomic mass is 79.9. The van der Waals surface area contributed by atoms with E-state index in [1.54, 1.807) is 60.7 Å². The molecule has 0 fully saturated rings. The number of fused-ring (bicyclic) bond motifs is 2. The Balaban J connectivity index is 1.90. The van der Waals surface area contributed by atoms with Gasteiger partial charge in [-0.2, -0.15) is 0 Å². The van der Waals surface area contributed by atoms with E-state index in [4.69, 9.17) is 13.6 Å². The van der Waals surface area contributed by atoms with Gasteiger partial charge in [-0.3, -0.25) is 0 Å². The van der Waals surface area contributed by atoms with Crippen LogP contribution in [0.4, 0.5) is 0 Å². The van der Waals surface area contributed by atoms with Gasteiger partial charge in [0.25, 0.3) is 0 Å². The zero-order chi connectivity index (χ0) is 25.6. The fraction of sp³-hybridized carbons (Fsp3) is 0.111. The lowest BCUT2D eigenvalue weighted by molar-refractivity contribution is 0.339. The number of hydrogen-bond acceptors (Lipinski definition) is 7. The molecular formula is C27H18Br2O7. The van der Waals surface area contributed by atoms with Crippen LogP contribution in [0.1, 0.15) is 29.5 Å². The lowest BCUT2D eigenvalue weighted by Crippen LogP contribution is -2.21. The SMILES string of the molecule is CCOc1cccc(C(c2c(O)c3cc(Br)ccc3oc2=O)c2c(O)c3cc(Br)ccc3oc2=O)c1. The third-order valence-electron chi connectivity index (χ3n) is 5.83. The van der Waals surface area contributed by atoms with Crippen molar-refractivity contribution >= 4 is 53.8 Å². The first kappa shape index (κ1) is 24.1. The number of benzene rings is 3. The van der Waals surface area contributed by atoms with E-state index in [1.807, 2.05) is 6.92 Å². The van der Waals surface area contributed by atoms with Gasteiger partial charge in [0.2, 0.25) is 0 Å². The smallest absolute Gasteiger partial charge is 0.344 e. The lowest BCUT2D eigenvalue weighted by atomic mass is 9.84. The Morgan fingerprint density at radius 1 is 0.806 bits per heavy atom. The molecule has 7 nitrogen and oxygen atoms in total. The summed E-state index contributed by atoms with van der Waals surface area (Å²) in [5.41, 5.74) is -1.40. The van der Waals surface area contributed by atoms with Crippen LogP contribution in [0, 0.1) is 0 Å². The van der Waals surface area contributed by atoms with E-state index in [1.165, 1.54) is 0 Å². The Morgan fingerprint density at radius 2 is 1.33 bits per heavy atom. The molecule has 0 radical (unpaired) electrons. The summed E-state index contributed by atoms with van der Waals surface area (Å²) in [6, 6.07) is 16.4. The molecule has 0 amide bonds. The van der Waals surface area contributed by atoms with Crippen LogP contribution in [0.2, 0.25) is 0 Å².